The lowest BCUT2D eigenvalue weighted by Gasteiger charge is -2.08. The van der Waals surface area contributed by atoms with Crippen molar-refractivity contribution in [2.24, 2.45) is 7.05 Å². The van der Waals surface area contributed by atoms with Gasteiger partial charge in [0.05, 0.1) is 18.1 Å². The lowest BCUT2D eigenvalue weighted by atomic mass is 10.2. The van der Waals surface area contributed by atoms with Crippen LogP contribution in [0.1, 0.15) is 51.9 Å². The molecule has 4 heterocycles. The van der Waals surface area contributed by atoms with E-state index in [-0.39, 0.29) is 5.54 Å². The van der Waals surface area contributed by atoms with Gasteiger partial charge in [0.2, 0.25) is 5.95 Å². The molecule has 0 saturated heterocycles. The number of anilines is 2. The third kappa shape index (κ3) is 6.33. The molecule has 180 valence electrons. The van der Waals surface area contributed by atoms with Crippen LogP contribution in [-0.4, -0.2) is 51.1 Å². The van der Waals surface area contributed by atoms with Gasteiger partial charge in [0.1, 0.15) is 11.5 Å². The molecule has 11 heteroatoms. The molecule has 1 amide bonds. The number of hydrogen-bond donors (Lipinski definition) is 4. The van der Waals surface area contributed by atoms with Gasteiger partial charge in [0.25, 0.3) is 0 Å². The SMILES string of the molecule is C1CCCC1.CC1(NC(=O)O)CC1.Cn1cc(-c2cc3nccn3c(Nc3ccn[nH]3)n2)cn1. The number of fused-ring (bicyclic) bond motifs is 1. The second-order valence-electron chi connectivity index (χ2n) is 8.88. The Labute approximate surface area is 197 Å². The maximum absolute atomic E-state index is 9.94. The predicted molar refractivity (Wildman–Crippen MR) is 129 cm³/mol. The van der Waals surface area contributed by atoms with E-state index < -0.39 is 6.09 Å². The Balaban J connectivity index is 0.000000172. The Morgan fingerprint density at radius 3 is 2.44 bits per heavy atom. The first-order valence-corrected chi connectivity index (χ1v) is 11.5. The maximum atomic E-state index is 9.94. The highest BCUT2D eigenvalue weighted by atomic mass is 16.4. The molecule has 0 bridgehead atoms. The van der Waals surface area contributed by atoms with Crippen LogP contribution in [0.15, 0.2) is 43.1 Å². The summed E-state index contributed by atoms with van der Waals surface area (Å²) in [7, 11) is 1.88. The summed E-state index contributed by atoms with van der Waals surface area (Å²) in [6, 6.07) is 3.76. The average Bonchev–Trinajstić information content (AvgIpc) is 3.44. The molecule has 2 aliphatic carbocycles. The van der Waals surface area contributed by atoms with Crippen LogP contribution >= 0.6 is 0 Å². The molecule has 4 aromatic heterocycles. The number of rotatable bonds is 4. The smallest absolute Gasteiger partial charge is 0.405 e. The molecule has 2 aliphatic rings. The van der Waals surface area contributed by atoms with Crippen molar-refractivity contribution < 1.29 is 9.90 Å². The highest BCUT2D eigenvalue weighted by Gasteiger charge is 2.38. The first-order valence-electron chi connectivity index (χ1n) is 11.5. The minimum absolute atomic E-state index is 0.0775. The number of aryl methyl sites for hydroxylation is 1. The highest BCUT2D eigenvalue weighted by molar-refractivity contribution is 5.66. The molecule has 4 N–H and O–H groups in total. The maximum Gasteiger partial charge on any atom is 0.405 e. The third-order valence-electron chi connectivity index (χ3n) is 5.80. The van der Waals surface area contributed by atoms with Crippen molar-refractivity contribution >= 4 is 23.5 Å². The molecular formula is C23H31N9O2. The number of carboxylic acid groups (broad SMARTS) is 1. The molecule has 0 aliphatic heterocycles. The lowest BCUT2D eigenvalue weighted by molar-refractivity contribution is 0.189. The standard InChI is InChI=1S/C13H12N8.C5H9NO2.C5H10/c1-20-8-9(7-16-20)10-6-12-14-4-5-21(12)13(17-10)18-11-2-3-15-19-11;1-5(2-3-5)6-4(7)8;1-2-4-5-3-1/h2-8H,1H3,(H2,15,17,18,19);6H,2-3H2,1H3,(H,7,8);1-5H2. The van der Waals surface area contributed by atoms with Crippen LogP contribution in [0.3, 0.4) is 0 Å². The minimum Gasteiger partial charge on any atom is -0.465 e. The van der Waals surface area contributed by atoms with E-state index in [1.807, 2.05) is 42.9 Å². The van der Waals surface area contributed by atoms with Crippen LogP contribution in [0.2, 0.25) is 0 Å². The Morgan fingerprint density at radius 1 is 1.18 bits per heavy atom. The quantitative estimate of drug-likeness (QED) is 0.351. The summed E-state index contributed by atoms with van der Waals surface area (Å²) in [6.07, 6.45) is 17.5. The number of amides is 1. The van der Waals surface area contributed by atoms with E-state index in [0.717, 1.165) is 35.6 Å². The largest absolute Gasteiger partial charge is 0.465 e. The van der Waals surface area contributed by atoms with Crippen LogP contribution in [0.4, 0.5) is 16.6 Å². The molecule has 11 nitrogen and oxygen atoms in total. The summed E-state index contributed by atoms with van der Waals surface area (Å²) in [6.45, 7) is 1.90. The van der Waals surface area contributed by atoms with Crippen LogP contribution in [-0.2, 0) is 7.05 Å². The molecule has 0 unspecified atom stereocenters. The van der Waals surface area contributed by atoms with Crippen LogP contribution in [0.5, 0.6) is 0 Å². The Kier molecular flexibility index (Phi) is 7.09. The second-order valence-corrected chi connectivity index (χ2v) is 8.88. The Morgan fingerprint density at radius 2 is 1.91 bits per heavy atom. The zero-order chi connectivity index (χ0) is 24.0. The monoisotopic (exact) mass is 465 g/mol. The lowest BCUT2D eigenvalue weighted by Crippen LogP contribution is -2.32. The topological polar surface area (TPSA) is 138 Å². The van der Waals surface area contributed by atoms with Crippen molar-refractivity contribution in [3.05, 3.63) is 43.1 Å². The molecule has 0 atom stereocenters. The van der Waals surface area contributed by atoms with Crippen LogP contribution < -0.4 is 10.6 Å². The summed E-state index contributed by atoms with van der Waals surface area (Å²) in [5.74, 6) is 1.42. The molecule has 34 heavy (non-hydrogen) atoms. The highest BCUT2D eigenvalue weighted by Crippen LogP contribution is 2.33. The molecule has 0 aromatic carbocycles. The van der Waals surface area contributed by atoms with E-state index in [1.54, 1.807) is 23.3 Å². The number of aromatic nitrogens is 7. The van der Waals surface area contributed by atoms with Gasteiger partial charge in [-0.05, 0) is 19.8 Å². The molecular weight excluding hydrogens is 434 g/mol. The number of imidazole rings is 1. The number of aromatic amines is 1. The summed E-state index contributed by atoms with van der Waals surface area (Å²) < 4.78 is 3.62. The molecule has 0 radical (unpaired) electrons. The van der Waals surface area contributed by atoms with Crippen molar-refractivity contribution in [1.29, 1.82) is 0 Å². The van der Waals surface area contributed by atoms with Gasteiger partial charge in [-0.25, -0.2) is 14.8 Å². The van der Waals surface area contributed by atoms with Crippen molar-refractivity contribution in [3.63, 3.8) is 0 Å². The van der Waals surface area contributed by atoms with Crippen molar-refractivity contribution in [3.8, 4) is 11.3 Å². The number of carbonyl (C=O) groups is 1. The van der Waals surface area contributed by atoms with E-state index in [2.05, 4.69) is 35.9 Å². The molecule has 4 aromatic rings. The minimum atomic E-state index is -0.912. The normalized spacial score (nSPS) is 15.6. The number of H-pyrrole nitrogens is 1. The average molecular weight is 466 g/mol. The fourth-order valence-electron chi connectivity index (χ4n) is 3.61. The molecule has 2 saturated carbocycles. The van der Waals surface area contributed by atoms with Gasteiger partial charge in [-0.2, -0.15) is 10.2 Å². The number of nitrogens with one attached hydrogen (secondary N) is 3. The summed E-state index contributed by atoms with van der Waals surface area (Å²) in [5, 5.41) is 24.7. The predicted octanol–water partition coefficient (Wildman–Crippen LogP) is 4.35. The van der Waals surface area contributed by atoms with Gasteiger partial charge in [-0.3, -0.25) is 14.2 Å². The zero-order valence-electron chi connectivity index (χ0n) is 19.5. The van der Waals surface area contributed by atoms with Gasteiger partial charge in [0, 0.05) is 48.9 Å². The van der Waals surface area contributed by atoms with Crippen molar-refractivity contribution in [2.45, 2.75) is 57.4 Å². The van der Waals surface area contributed by atoms with Gasteiger partial charge in [-0.15, -0.1) is 0 Å². The fraction of sp³-hybridized carbons (Fsp3) is 0.435. The number of nitrogens with zero attached hydrogens (tertiary/aromatic N) is 6. The van der Waals surface area contributed by atoms with Crippen molar-refractivity contribution in [1.82, 2.24) is 39.7 Å². The molecule has 0 spiro atoms. The Hall–Kier alpha value is -3.89. The molecule has 2 fully saturated rings. The van der Waals surface area contributed by atoms with E-state index in [1.165, 1.54) is 32.1 Å². The van der Waals surface area contributed by atoms with E-state index >= 15 is 0 Å². The second kappa shape index (κ2) is 10.4. The van der Waals surface area contributed by atoms with Crippen molar-refractivity contribution in [2.75, 3.05) is 5.32 Å². The first kappa shape index (κ1) is 23.3. The third-order valence-corrected chi connectivity index (χ3v) is 5.80. The zero-order valence-corrected chi connectivity index (χ0v) is 19.5. The van der Waals surface area contributed by atoms with Gasteiger partial charge in [-0.1, -0.05) is 32.1 Å². The first-order chi connectivity index (χ1) is 16.4. The van der Waals surface area contributed by atoms with E-state index in [0.29, 0.717) is 5.95 Å². The summed E-state index contributed by atoms with van der Waals surface area (Å²) in [5.41, 5.74) is 2.48. The van der Waals surface area contributed by atoms with Gasteiger partial charge >= 0.3 is 6.09 Å². The van der Waals surface area contributed by atoms with Crippen LogP contribution in [0, 0.1) is 0 Å². The van der Waals surface area contributed by atoms with E-state index in [4.69, 9.17) is 5.11 Å². The van der Waals surface area contributed by atoms with Gasteiger partial charge < -0.3 is 15.7 Å². The number of hydrogen-bond acceptors (Lipinski definition) is 6. The summed E-state index contributed by atoms with van der Waals surface area (Å²) in [4.78, 5) is 18.9. The van der Waals surface area contributed by atoms with Gasteiger partial charge in [0.15, 0.2) is 0 Å². The molecule has 6 rings (SSSR count). The Bertz CT molecular complexity index is 1200. The van der Waals surface area contributed by atoms with E-state index in [9.17, 15) is 4.79 Å². The summed E-state index contributed by atoms with van der Waals surface area (Å²) >= 11 is 0. The fourth-order valence-corrected chi connectivity index (χ4v) is 3.61. The van der Waals surface area contributed by atoms with Crippen LogP contribution in [0.25, 0.3) is 16.9 Å².